The summed E-state index contributed by atoms with van der Waals surface area (Å²) in [4.78, 5) is 21.5. The lowest BCUT2D eigenvalue weighted by Gasteiger charge is -2.18. The Morgan fingerprint density at radius 2 is 2.05 bits per heavy atom. The van der Waals surface area contributed by atoms with Crippen LogP contribution in [0.15, 0.2) is 24.3 Å². The first-order chi connectivity index (χ1) is 8.97. The fraction of sp³-hybridized carbons (Fsp3) is 0.417. The molecular formula is C12H17N3O4. The second-order valence-electron chi connectivity index (χ2n) is 4.11. The van der Waals surface area contributed by atoms with Gasteiger partial charge in [0, 0.05) is 18.7 Å². The Morgan fingerprint density at radius 3 is 2.53 bits per heavy atom. The molecule has 4 N–H and O–H groups in total. The number of nitro groups is 1. The summed E-state index contributed by atoms with van der Waals surface area (Å²) in [6.45, 7) is 2.39. The molecule has 0 heterocycles. The lowest BCUT2D eigenvalue weighted by atomic mass is 10.0. The Bertz CT molecular complexity index is 447. The summed E-state index contributed by atoms with van der Waals surface area (Å²) in [6, 6.07) is 4.18. The van der Waals surface area contributed by atoms with Gasteiger partial charge in [0.05, 0.1) is 4.92 Å². The van der Waals surface area contributed by atoms with E-state index < -0.39 is 23.0 Å². The van der Waals surface area contributed by atoms with E-state index in [1.807, 2.05) is 6.92 Å². The van der Waals surface area contributed by atoms with Crippen LogP contribution in [0.5, 0.6) is 0 Å². The van der Waals surface area contributed by atoms with Crippen molar-refractivity contribution in [2.45, 2.75) is 25.5 Å². The molecule has 1 amide bonds. The number of carbonyl (C=O) groups excluding carboxylic acids is 1. The first-order valence-electron chi connectivity index (χ1n) is 5.93. The quantitative estimate of drug-likeness (QED) is 0.511. The number of hydrogen-bond acceptors (Lipinski definition) is 5. The van der Waals surface area contributed by atoms with Gasteiger partial charge in [-0.05, 0) is 24.1 Å². The average Bonchev–Trinajstić information content (AvgIpc) is 2.43. The number of benzene rings is 1. The minimum Gasteiger partial charge on any atom is -0.386 e. The fourth-order valence-electron chi connectivity index (χ4n) is 1.51. The normalized spacial score (nSPS) is 13.6. The summed E-state index contributed by atoms with van der Waals surface area (Å²) < 4.78 is 0. The molecule has 1 aromatic carbocycles. The van der Waals surface area contributed by atoms with Gasteiger partial charge in [-0.2, -0.15) is 0 Å². The van der Waals surface area contributed by atoms with Gasteiger partial charge >= 0.3 is 0 Å². The van der Waals surface area contributed by atoms with E-state index in [1.54, 1.807) is 0 Å². The van der Waals surface area contributed by atoms with Gasteiger partial charge in [-0.15, -0.1) is 0 Å². The monoisotopic (exact) mass is 267 g/mol. The summed E-state index contributed by atoms with van der Waals surface area (Å²) in [5, 5.41) is 23.0. The van der Waals surface area contributed by atoms with Crippen LogP contribution in [0.3, 0.4) is 0 Å². The first kappa shape index (κ1) is 15.1. The van der Waals surface area contributed by atoms with E-state index in [-0.39, 0.29) is 5.69 Å². The van der Waals surface area contributed by atoms with Gasteiger partial charge < -0.3 is 16.2 Å². The number of nitro benzene ring substituents is 1. The van der Waals surface area contributed by atoms with Crippen LogP contribution in [0.2, 0.25) is 0 Å². The molecule has 0 spiro atoms. The third kappa shape index (κ3) is 4.01. The Hall–Kier alpha value is -1.99. The van der Waals surface area contributed by atoms with Crippen LogP contribution in [0.25, 0.3) is 0 Å². The number of aliphatic hydroxyl groups is 1. The van der Waals surface area contributed by atoms with Crippen LogP contribution in [0.1, 0.15) is 25.0 Å². The zero-order valence-electron chi connectivity index (χ0n) is 10.6. The number of carbonyl (C=O) groups is 1. The highest BCUT2D eigenvalue weighted by Crippen LogP contribution is 2.19. The molecule has 0 aliphatic carbocycles. The van der Waals surface area contributed by atoms with Gasteiger partial charge in [0.15, 0.2) is 0 Å². The molecule has 0 unspecified atom stereocenters. The molecule has 0 saturated carbocycles. The SMILES string of the molecule is CCCNC(=O)[C@H](N)[C@@H](O)c1ccc([N+](=O)[O-])cc1. The van der Waals surface area contributed by atoms with Gasteiger partial charge in [-0.25, -0.2) is 0 Å². The number of amides is 1. The van der Waals surface area contributed by atoms with Crippen LogP contribution in [0.4, 0.5) is 5.69 Å². The van der Waals surface area contributed by atoms with Crippen molar-refractivity contribution in [3.8, 4) is 0 Å². The van der Waals surface area contributed by atoms with E-state index in [0.717, 1.165) is 6.42 Å². The highest BCUT2D eigenvalue weighted by atomic mass is 16.6. The molecule has 2 atom stereocenters. The summed E-state index contributed by atoms with van der Waals surface area (Å²) in [6.07, 6.45) is -0.427. The Labute approximate surface area is 110 Å². The molecule has 1 aromatic rings. The molecule has 0 aliphatic rings. The molecule has 19 heavy (non-hydrogen) atoms. The van der Waals surface area contributed by atoms with E-state index >= 15 is 0 Å². The molecule has 7 nitrogen and oxygen atoms in total. The van der Waals surface area contributed by atoms with Crippen molar-refractivity contribution in [1.29, 1.82) is 0 Å². The lowest BCUT2D eigenvalue weighted by Crippen LogP contribution is -2.44. The predicted octanol–water partition coefficient (Wildman–Crippen LogP) is 0.482. The van der Waals surface area contributed by atoms with E-state index in [2.05, 4.69) is 5.32 Å². The third-order valence-electron chi connectivity index (χ3n) is 2.64. The number of rotatable bonds is 6. The maximum Gasteiger partial charge on any atom is 0.269 e. The standard InChI is InChI=1S/C12H17N3O4/c1-2-7-14-12(17)10(13)11(16)8-3-5-9(6-4-8)15(18)19/h3-6,10-11,16H,2,7,13H2,1H3,(H,14,17)/t10-,11+/m1/s1. The molecule has 0 saturated heterocycles. The van der Waals surface area contributed by atoms with Gasteiger partial charge in [-0.3, -0.25) is 14.9 Å². The van der Waals surface area contributed by atoms with E-state index in [0.29, 0.717) is 12.1 Å². The van der Waals surface area contributed by atoms with Crippen molar-refractivity contribution in [3.05, 3.63) is 39.9 Å². The van der Waals surface area contributed by atoms with Crippen molar-refractivity contribution in [1.82, 2.24) is 5.32 Å². The Morgan fingerprint density at radius 1 is 1.47 bits per heavy atom. The maximum absolute atomic E-state index is 11.6. The second-order valence-corrected chi connectivity index (χ2v) is 4.11. The maximum atomic E-state index is 11.6. The highest BCUT2D eigenvalue weighted by Gasteiger charge is 2.24. The third-order valence-corrected chi connectivity index (χ3v) is 2.64. The van der Waals surface area contributed by atoms with E-state index in [1.165, 1.54) is 24.3 Å². The lowest BCUT2D eigenvalue weighted by molar-refractivity contribution is -0.384. The molecule has 0 aromatic heterocycles. The number of nitrogens with zero attached hydrogens (tertiary/aromatic N) is 1. The molecule has 0 fully saturated rings. The number of hydrogen-bond donors (Lipinski definition) is 3. The smallest absolute Gasteiger partial charge is 0.269 e. The molecule has 0 aliphatic heterocycles. The fourth-order valence-corrected chi connectivity index (χ4v) is 1.51. The van der Waals surface area contributed by atoms with Gasteiger partial charge in [0.2, 0.25) is 5.91 Å². The van der Waals surface area contributed by atoms with E-state index in [4.69, 9.17) is 5.73 Å². The van der Waals surface area contributed by atoms with E-state index in [9.17, 15) is 20.0 Å². The van der Waals surface area contributed by atoms with Crippen molar-refractivity contribution in [2.75, 3.05) is 6.54 Å². The summed E-state index contributed by atoms with van der Waals surface area (Å²) in [5.41, 5.74) is 5.92. The number of nitrogens with one attached hydrogen (secondary N) is 1. The topological polar surface area (TPSA) is 118 Å². The zero-order chi connectivity index (χ0) is 14.4. The molecule has 104 valence electrons. The van der Waals surface area contributed by atoms with Crippen LogP contribution >= 0.6 is 0 Å². The molecule has 7 heteroatoms. The number of aliphatic hydroxyl groups excluding tert-OH is 1. The Kier molecular flexibility index (Phi) is 5.40. The number of nitrogens with two attached hydrogens (primary N) is 1. The Balaban J connectivity index is 2.73. The first-order valence-corrected chi connectivity index (χ1v) is 5.93. The number of non-ortho nitro benzene ring substituents is 1. The molecular weight excluding hydrogens is 250 g/mol. The summed E-state index contributed by atoms with van der Waals surface area (Å²) in [5.74, 6) is -0.451. The minimum atomic E-state index is -1.20. The van der Waals surface area contributed by atoms with Crippen molar-refractivity contribution < 1.29 is 14.8 Å². The van der Waals surface area contributed by atoms with Gasteiger partial charge in [-0.1, -0.05) is 6.92 Å². The van der Waals surface area contributed by atoms with Crippen LogP contribution in [-0.2, 0) is 4.79 Å². The van der Waals surface area contributed by atoms with Crippen LogP contribution < -0.4 is 11.1 Å². The predicted molar refractivity (Wildman–Crippen MR) is 69.3 cm³/mol. The van der Waals surface area contributed by atoms with Gasteiger partial charge in [0.1, 0.15) is 12.1 Å². The van der Waals surface area contributed by atoms with Gasteiger partial charge in [0.25, 0.3) is 5.69 Å². The largest absolute Gasteiger partial charge is 0.386 e. The molecule has 0 radical (unpaired) electrons. The summed E-state index contributed by atoms with van der Waals surface area (Å²) >= 11 is 0. The molecule has 1 rings (SSSR count). The van der Waals surface area contributed by atoms with Crippen LogP contribution in [0, 0.1) is 10.1 Å². The minimum absolute atomic E-state index is 0.0834. The van der Waals surface area contributed by atoms with Crippen molar-refractivity contribution in [3.63, 3.8) is 0 Å². The second kappa shape index (κ2) is 6.81. The summed E-state index contributed by atoms with van der Waals surface area (Å²) in [7, 11) is 0. The van der Waals surface area contributed by atoms with Crippen LogP contribution in [-0.4, -0.2) is 28.5 Å². The zero-order valence-corrected chi connectivity index (χ0v) is 10.6. The highest BCUT2D eigenvalue weighted by molar-refractivity contribution is 5.82. The van der Waals surface area contributed by atoms with Crippen molar-refractivity contribution in [2.24, 2.45) is 5.73 Å². The van der Waals surface area contributed by atoms with Crippen molar-refractivity contribution >= 4 is 11.6 Å². The average molecular weight is 267 g/mol. The molecule has 0 bridgehead atoms.